The number of anilines is 1. The predicted octanol–water partition coefficient (Wildman–Crippen LogP) is 7.22. The van der Waals surface area contributed by atoms with Crippen LogP contribution in [0.25, 0.3) is 11.1 Å². The first kappa shape index (κ1) is 19.0. The second kappa shape index (κ2) is 8.73. The van der Waals surface area contributed by atoms with Gasteiger partial charge in [0.25, 0.3) is 0 Å². The monoisotopic (exact) mass is 355 g/mol. The minimum absolute atomic E-state index is 0.483. The van der Waals surface area contributed by atoms with Crippen molar-refractivity contribution in [3.05, 3.63) is 102 Å². The predicted molar refractivity (Wildman–Crippen MR) is 118 cm³/mol. The van der Waals surface area contributed by atoms with Crippen LogP contribution in [0, 0.1) is 12.8 Å². The summed E-state index contributed by atoms with van der Waals surface area (Å²) in [5.41, 5.74) is 8.66. The van der Waals surface area contributed by atoms with E-state index in [1.54, 1.807) is 0 Å². The van der Waals surface area contributed by atoms with E-state index in [4.69, 9.17) is 0 Å². The van der Waals surface area contributed by atoms with E-state index in [0.717, 1.165) is 24.2 Å². The fourth-order valence-corrected chi connectivity index (χ4v) is 3.06. The molecule has 0 amide bonds. The molecule has 1 nitrogen and oxygen atoms in total. The van der Waals surface area contributed by atoms with Gasteiger partial charge in [-0.15, -0.1) is 0 Å². The summed E-state index contributed by atoms with van der Waals surface area (Å²) >= 11 is 0. The van der Waals surface area contributed by atoms with Gasteiger partial charge in [0.15, 0.2) is 0 Å². The lowest BCUT2D eigenvalue weighted by Gasteiger charge is -2.15. The lowest BCUT2D eigenvalue weighted by atomic mass is 9.99. The zero-order valence-electron chi connectivity index (χ0n) is 16.6. The molecule has 0 aromatic heterocycles. The fourth-order valence-electron chi connectivity index (χ4n) is 3.06. The number of hydrogen-bond donors (Lipinski definition) is 1. The van der Waals surface area contributed by atoms with Gasteiger partial charge >= 0.3 is 0 Å². The molecule has 0 radical (unpaired) electrons. The van der Waals surface area contributed by atoms with Crippen LogP contribution in [-0.4, -0.2) is 0 Å². The number of hydrogen-bond acceptors (Lipinski definition) is 1. The molecule has 138 valence electrons. The molecule has 27 heavy (non-hydrogen) atoms. The maximum atomic E-state index is 4.14. The van der Waals surface area contributed by atoms with Gasteiger partial charge in [0.2, 0.25) is 0 Å². The third-order valence-corrected chi connectivity index (χ3v) is 5.21. The smallest absolute Gasteiger partial charge is 0.0381 e. The molecule has 0 aliphatic carbocycles. The molecule has 0 spiro atoms. The molecule has 3 aromatic rings. The summed E-state index contributed by atoms with van der Waals surface area (Å²) in [7, 11) is 0. The van der Waals surface area contributed by atoms with Gasteiger partial charge in [-0.05, 0) is 60.1 Å². The lowest BCUT2D eigenvalue weighted by molar-refractivity contribution is 0.662. The molecule has 0 aliphatic rings. The lowest BCUT2D eigenvalue weighted by Crippen LogP contribution is -2.06. The molecule has 1 atom stereocenters. The Morgan fingerprint density at radius 1 is 0.815 bits per heavy atom. The van der Waals surface area contributed by atoms with E-state index < -0.39 is 0 Å². The summed E-state index contributed by atoms with van der Waals surface area (Å²) in [5.74, 6) is 0.483. The van der Waals surface area contributed by atoms with Crippen LogP contribution in [-0.2, 0) is 6.42 Å². The number of benzene rings is 3. The summed E-state index contributed by atoms with van der Waals surface area (Å²) in [6.07, 6.45) is 2.04. The van der Waals surface area contributed by atoms with E-state index in [1.165, 1.54) is 27.8 Å². The topological polar surface area (TPSA) is 12.0 Å². The maximum Gasteiger partial charge on any atom is 0.0381 e. The summed E-state index contributed by atoms with van der Waals surface area (Å²) in [4.78, 5) is 0. The van der Waals surface area contributed by atoms with Crippen molar-refractivity contribution in [3.63, 3.8) is 0 Å². The number of rotatable bonds is 7. The Hall–Kier alpha value is -2.80. The summed E-state index contributed by atoms with van der Waals surface area (Å²) in [5, 5.41) is 3.42. The first-order valence-electron chi connectivity index (χ1n) is 9.76. The summed E-state index contributed by atoms with van der Waals surface area (Å²) in [6.45, 7) is 10.6. The van der Waals surface area contributed by atoms with Crippen molar-refractivity contribution < 1.29 is 0 Å². The van der Waals surface area contributed by atoms with Gasteiger partial charge in [-0.3, -0.25) is 0 Å². The van der Waals surface area contributed by atoms with E-state index in [0.29, 0.717) is 5.92 Å². The zero-order chi connectivity index (χ0) is 19.2. The van der Waals surface area contributed by atoms with Crippen LogP contribution in [0.4, 0.5) is 5.69 Å². The fraction of sp³-hybridized carbons (Fsp3) is 0.231. The largest absolute Gasteiger partial charge is 0.359 e. The summed E-state index contributed by atoms with van der Waals surface area (Å²) < 4.78 is 0. The van der Waals surface area contributed by atoms with Crippen molar-refractivity contribution >= 4 is 5.69 Å². The van der Waals surface area contributed by atoms with E-state index in [1.807, 2.05) is 0 Å². The highest BCUT2D eigenvalue weighted by atomic mass is 14.9. The molecular weight excluding hydrogens is 326 g/mol. The van der Waals surface area contributed by atoms with Crippen molar-refractivity contribution in [1.29, 1.82) is 0 Å². The van der Waals surface area contributed by atoms with Gasteiger partial charge in [0.1, 0.15) is 0 Å². The average molecular weight is 356 g/mol. The highest BCUT2D eigenvalue weighted by Crippen LogP contribution is 2.22. The molecule has 0 saturated heterocycles. The number of aryl methyl sites for hydroxylation is 1. The van der Waals surface area contributed by atoms with Gasteiger partial charge in [-0.25, -0.2) is 0 Å². The highest BCUT2D eigenvalue weighted by molar-refractivity contribution is 5.64. The molecular formula is C26H29N. The molecule has 0 fully saturated rings. The quantitative estimate of drug-likeness (QED) is 0.471. The van der Waals surface area contributed by atoms with E-state index in [2.05, 4.69) is 105 Å². The van der Waals surface area contributed by atoms with Crippen LogP contribution in [0.1, 0.15) is 37.0 Å². The van der Waals surface area contributed by atoms with Crippen molar-refractivity contribution in [2.45, 2.75) is 33.6 Å². The van der Waals surface area contributed by atoms with Crippen molar-refractivity contribution in [2.24, 2.45) is 5.92 Å². The molecule has 0 bridgehead atoms. The van der Waals surface area contributed by atoms with Gasteiger partial charge in [0.05, 0.1) is 0 Å². The third kappa shape index (κ3) is 5.10. The molecule has 1 N–H and O–H groups in total. The minimum atomic E-state index is 0.483. The molecule has 3 aromatic carbocycles. The van der Waals surface area contributed by atoms with Crippen LogP contribution in [0.2, 0.25) is 0 Å². The Labute approximate surface area is 163 Å². The average Bonchev–Trinajstić information content (AvgIpc) is 2.70. The van der Waals surface area contributed by atoms with E-state index >= 15 is 0 Å². The van der Waals surface area contributed by atoms with Gasteiger partial charge in [-0.1, -0.05) is 86.7 Å². The van der Waals surface area contributed by atoms with Gasteiger partial charge in [-0.2, -0.15) is 0 Å². The SMILES string of the molecule is C=C(Nc1ccc(Cc2ccc(-c3ccc(C)cc3)cc2)cc1)C(C)CC. The molecule has 0 aliphatic heterocycles. The Morgan fingerprint density at radius 2 is 1.30 bits per heavy atom. The molecule has 1 unspecified atom stereocenters. The van der Waals surface area contributed by atoms with Crippen molar-refractivity contribution in [1.82, 2.24) is 0 Å². The number of nitrogens with one attached hydrogen (secondary N) is 1. The van der Waals surface area contributed by atoms with Crippen LogP contribution in [0.15, 0.2) is 85.1 Å². The third-order valence-electron chi connectivity index (χ3n) is 5.21. The maximum absolute atomic E-state index is 4.14. The molecule has 3 rings (SSSR count). The van der Waals surface area contributed by atoms with Gasteiger partial charge in [0, 0.05) is 11.4 Å². The van der Waals surface area contributed by atoms with Crippen LogP contribution in [0.5, 0.6) is 0 Å². The first-order valence-corrected chi connectivity index (χ1v) is 9.76. The van der Waals surface area contributed by atoms with Crippen LogP contribution < -0.4 is 5.32 Å². The first-order chi connectivity index (χ1) is 13.0. The standard InChI is InChI=1S/C26H29N/c1-5-20(3)21(4)27-26-16-10-23(11-17-26)18-22-8-14-25(15-9-22)24-12-6-19(2)7-13-24/h6-17,20,27H,4-5,18H2,1-3H3. The van der Waals surface area contributed by atoms with Gasteiger partial charge < -0.3 is 5.32 Å². The number of allylic oxidation sites excluding steroid dienone is 1. The normalized spacial score (nSPS) is 11.8. The van der Waals surface area contributed by atoms with E-state index in [-0.39, 0.29) is 0 Å². The van der Waals surface area contributed by atoms with Crippen LogP contribution >= 0.6 is 0 Å². The minimum Gasteiger partial charge on any atom is -0.359 e. The second-order valence-corrected chi connectivity index (χ2v) is 7.40. The highest BCUT2D eigenvalue weighted by Gasteiger charge is 2.05. The Morgan fingerprint density at radius 3 is 1.81 bits per heavy atom. The Balaban J connectivity index is 1.63. The summed E-state index contributed by atoms with van der Waals surface area (Å²) in [6, 6.07) is 26.2. The molecule has 1 heteroatoms. The van der Waals surface area contributed by atoms with Crippen molar-refractivity contribution in [3.8, 4) is 11.1 Å². The Kier molecular flexibility index (Phi) is 6.13. The molecule has 0 saturated carbocycles. The van der Waals surface area contributed by atoms with Crippen LogP contribution in [0.3, 0.4) is 0 Å². The van der Waals surface area contributed by atoms with E-state index in [9.17, 15) is 0 Å². The Bertz CT molecular complexity index is 871. The molecule has 0 heterocycles. The van der Waals surface area contributed by atoms with Crippen molar-refractivity contribution in [2.75, 3.05) is 5.32 Å². The zero-order valence-corrected chi connectivity index (χ0v) is 16.6. The second-order valence-electron chi connectivity index (χ2n) is 7.40.